The van der Waals surface area contributed by atoms with E-state index >= 15 is 0 Å². The summed E-state index contributed by atoms with van der Waals surface area (Å²) in [6, 6.07) is 3.82. The molecule has 0 aromatic carbocycles. The molecule has 0 saturated carbocycles. The Morgan fingerprint density at radius 1 is 1.18 bits per heavy atom. The summed E-state index contributed by atoms with van der Waals surface area (Å²) < 4.78 is 0. The van der Waals surface area contributed by atoms with Crippen molar-refractivity contribution in [2.75, 3.05) is 0 Å². The summed E-state index contributed by atoms with van der Waals surface area (Å²) in [4.78, 5) is 13.3. The van der Waals surface area contributed by atoms with E-state index in [1.807, 2.05) is 12.1 Å². The van der Waals surface area contributed by atoms with Crippen molar-refractivity contribution in [2.45, 2.75) is 9.92 Å². The lowest BCUT2D eigenvalue weighted by Crippen LogP contribution is -1.87. The zero-order valence-electron chi connectivity index (χ0n) is 8.46. The SMILES string of the molecule is Clc1nc(Sc2ccncc2)c2cn[nH]c2n1. The van der Waals surface area contributed by atoms with Gasteiger partial charge in [0.25, 0.3) is 0 Å². The van der Waals surface area contributed by atoms with Crippen molar-refractivity contribution in [1.29, 1.82) is 0 Å². The summed E-state index contributed by atoms with van der Waals surface area (Å²) in [5.41, 5.74) is 0.640. The molecule has 17 heavy (non-hydrogen) atoms. The minimum absolute atomic E-state index is 0.207. The van der Waals surface area contributed by atoms with E-state index in [1.165, 1.54) is 11.8 Å². The van der Waals surface area contributed by atoms with Crippen LogP contribution in [0.4, 0.5) is 0 Å². The second-order valence-corrected chi connectivity index (χ2v) is 4.62. The van der Waals surface area contributed by atoms with Gasteiger partial charge in [-0.05, 0) is 23.7 Å². The molecule has 7 heteroatoms. The zero-order chi connectivity index (χ0) is 11.7. The minimum Gasteiger partial charge on any atom is -0.265 e. The Kier molecular flexibility index (Phi) is 2.66. The topological polar surface area (TPSA) is 67.3 Å². The highest BCUT2D eigenvalue weighted by Crippen LogP contribution is 2.30. The number of pyridine rings is 1. The van der Waals surface area contributed by atoms with E-state index in [1.54, 1.807) is 18.6 Å². The molecule has 0 unspecified atom stereocenters. The largest absolute Gasteiger partial charge is 0.265 e. The van der Waals surface area contributed by atoms with E-state index in [0.29, 0.717) is 5.65 Å². The number of aromatic amines is 1. The van der Waals surface area contributed by atoms with Crippen LogP contribution in [-0.4, -0.2) is 25.1 Å². The molecular weight excluding hydrogens is 258 g/mol. The van der Waals surface area contributed by atoms with Gasteiger partial charge in [0.2, 0.25) is 5.28 Å². The first-order valence-corrected chi connectivity index (χ1v) is 5.97. The smallest absolute Gasteiger partial charge is 0.225 e. The summed E-state index contributed by atoms with van der Waals surface area (Å²) in [5, 5.41) is 8.55. The van der Waals surface area contributed by atoms with Crippen LogP contribution in [0.5, 0.6) is 0 Å². The first-order valence-electron chi connectivity index (χ1n) is 4.77. The van der Waals surface area contributed by atoms with Crippen molar-refractivity contribution < 1.29 is 0 Å². The maximum Gasteiger partial charge on any atom is 0.225 e. The lowest BCUT2D eigenvalue weighted by atomic mass is 10.4. The van der Waals surface area contributed by atoms with Crippen molar-refractivity contribution in [3.8, 4) is 0 Å². The third-order valence-electron chi connectivity index (χ3n) is 2.11. The molecule has 3 aromatic heterocycles. The third kappa shape index (κ3) is 2.09. The lowest BCUT2D eigenvalue weighted by Gasteiger charge is -2.01. The van der Waals surface area contributed by atoms with Gasteiger partial charge in [0.05, 0.1) is 11.6 Å². The summed E-state index contributed by atoms with van der Waals surface area (Å²) in [7, 11) is 0. The Labute approximate surface area is 106 Å². The maximum absolute atomic E-state index is 5.85. The highest BCUT2D eigenvalue weighted by molar-refractivity contribution is 7.99. The normalized spacial score (nSPS) is 10.9. The Bertz CT molecular complexity index is 654. The molecule has 5 nitrogen and oxygen atoms in total. The number of hydrogen-bond acceptors (Lipinski definition) is 5. The molecule has 0 saturated heterocycles. The molecule has 0 amide bonds. The number of halogens is 1. The Balaban J connectivity index is 2.08. The molecule has 0 radical (unpaired) electrons. The third-order valence-corrected chi connectivity index (χ3v) is 3.29. The monoisotopic (exact) mass is 263 g/mol. The summed E-state index contributed by atoms with van der Waals surface area (Å²) in [6.45, 7) is 0. The quantitative estimate of drug-likeness (QED) is 0.568. The minimum atomic E-state index is 0.207. The van der Waals surface area contributed by atoms with Gasteiger partial charge in [-0.25, -0.2) is 4.98 Å². The molecule has 0 spiro atoms. The maximum atomic E-state index is 5.85. The van der Waals surface area contributed by atoms with Crippen LogP contribution in [0.1, 0.15) is 0 Å². The van der Waals surface area contributed by atoms with Gasteiger partial charge >= 0.3 is 0 Å². The predicted octanol–water partition coefficient (Wildman–Crippen LogP) is 2.55. The van der Waals surface area contributed by atoms with Gasteiger partial charge in [-0.15, -0.1) is 0 Å². The van der Waals surface area contributed by atoms with Gasteiger partial charge in [-0.2, -0.15) is 10.1 Å². The number of fused-ring (bicyclic) bond motifs is 1. The molecule has 0 atom stereocenters. The van der Waals surface area contributed by atoms with E-state index in [4.69, 9.17) is 11.6 Å². The van der Waals surface area contributed by atoms with Crippen molar-refractivity contribution >= 4 is 34.4 Å². The number of nitrogens with one attached hydrogen (secondary N) is 1. The molecule has 0 fully saturated rings. The fourth-order valence-electron chi connectivity index (χ4n) is 1.38. The number of rotatable bonds is 2. The zero-order valence-corrected chi connectivity index (χ0v) is 10.0. The van der Waals surface area contributed by atoms with Crippen molar-refractivity contribution in [1.82, 2.24) is 25.1 Å². The second kappa shape index (κ2) is 4.31. The fraction of sp³-hybridized carbons (Fsp3) is 0. The van der Waals surface area contributed by atoms with Crippen LogP contribution in [0.3, 0.4) is 0 Å². The number of aromatic nitrogens is 5. The molecule has 0 aliphatic rings. The Morgan fingerprint density at radius 3 is 2.82 bits per heavy atom. The van der Waals surface area contributed by atoms with Gasteiger partial charge in [0, 0.05) is 17.3 Å². The summed E-state index contributed by atoms with van der Waals surface area (Å²) >= 11 is 7.35. The van der Waals surface area contributed by atoms with Crippen LogP contribution >= 0.6 is 23.4 Å². The van der Waals surface area contributed by atoms with Crippen LogP contribution in [0.25, 0.3) is 11.0 Å². The van der Waals surface area contributed by atoms with E-state index in [9.17, 15) is 0 Å². The van der Waals surface area contributed by atoms with Crippen LogP contribution in [0.2, 0.25) is 5.28 Å². The summed E-state index contributed by atoms with van der Waals surface area (Å²) in [5.74, 6) is 0. The molecular formula is C10H6ClN5S. The van der Waals surface area contributed by atoms with E-state index in [0.717, 1.165) is 15.3 Å². The Hall–Kier alpha value is -1.66. The van der Waals surface area contributed by atoms with Crippen LogP contribution in [-0.2, 0) is 0 Å². The molecule has 3 rings (SSSR count). The molecule has 3 heterocycles. The molecule has 0 bridgehead atoms. The number of hydrogen-bond donors (Lipinski definition) is 1. The van der Waals surface area contributed by atoms with E-state index in [-0.39, 0.29) is 5.28 Å². The highest BCUT2D eigenvalue weighted by Gasteiger charge is 2.09. The first kappa shape index (κ1) is 10.5. The molecule has 84 valence electrons. The predicted molar refractivity (Wildman–Crippen MR) is 65.1 cm³/mol. The number of H-pyrrole nitrogens is 1. The fourth-order valence-corrected chi connectivity index (χ4v) is 2.47. The van der Waals surface area contributed by atoms with Crippen LogP contribution in [0.15, 0.2) is 40.6 Å². The highest BCUT2D eigenvalue weighted by atomic mass is 35.5. The van der Waals surface area contributed by atoms with Crippen molar-refractivity contribution in [2.24, 2.45) is 0 Å². The average molecular weight is 264 g/mol. The Morgan fingerprint density at radius 2 is 2.00 bits per heavy atom. The molecule has 1 N–H and O–H groups in total. The first-order chi connectivity index (χ1) is 8.33. The van der Waals surface area contributed by atoms with Crippen molar-refractivity contribution in [3.63, 3.8) is 0 Å². The standard InChI is InChI=1S/C10H6ClN5S/c11-10-14-8-7(5-13-16-8)9(15-10)17-6-1-3-12-4-2-6/h1-5H,(H,13,14,15,16). The van der Waals surface area contributed by atoms with Crippen molar-refractivity contribution in [3.05, 3.63) is 36.0 Å². The van der Waals surface area contributed by atoms with Gasteiger partial charge in [-0.1, -0.05) is 11.8 Å². The van der Waals surface area contributed by atoms with Gasteiger partial charge in [0.15, 0.2) is 5.65 Å². The van der Waals surface area contributed by atoms with Gasteiger partial charge in [0.1, 0.15) is 5.03 Å². The van der Waals surface area contributed by atoms with Crippen LogP contribution in [0, 0.1) is 0 Å². The summed E-state index contributed by atoms with van der Waals surface area (Å²) in [6.07, 6.45) is 5.16. The van der Waals surface area contributed by atoms with E-state index in [2.05, 4.69) is 25.1 Å². The average Bonchev–Trinajstić information content (AvgIpc) is 2.78. The molecule has 0 aliphatic carbocycles. The van der Waals surface area contributed by atoms with Crippen LogP contribution < -0.4 is 0 Å². The van der Waals surface area contributed by atoms with Gasteiger partial charge < -0.3 is 0 Å². The van der Waals surface area contributed by atoms with E-state index < -0.39 is 0 Å². The molecule has 0 aliphatic heterocycles. The number of nitrogens with zero attached hydrogens (tertiary/aromatic N) is 4. The molecule has 3 aromatic rings. The second-order valence-electron chi connectivity index (χ2n) is 3.22. The lowest BCUT2D eigenvalue weighted by molar-refractivity contribution is 1.07. The van der Waals surface area contributed by atoms with Gasteiger partial charge in [-0.3, -0.25) is 10.1 Å².